The first-order valence-corrected chi connectivity index (χ1v) is 8.93. The number of carbonyl (C=O) groups excluding carboxylic acids is 1. The van der Waals surface area contributed by atoms with Gasteiger partial charge in [-0.2, -0.15) is 0 Å². The van der Waals surface area contributed by atoms with Crippen LogP contribution in [0.1, 0.15) is 30.1 Å². The second-order valence-corrected chi connectivity index (χ2v) is 6.25. The lowest BCUT2D eigenvalue weighted by molar-refractivity contribution is -0.893. The molecule has 0 aliphatic carbocycles. The number of rotatable bonds is 9. The number of thioether (sulfide) groups is 1. The van der Waals surface area contributed by atoms with Crippen LogP contribution in [0.2, 0.25) is 0 Å². The lowest BCUT2D eigenvalue weighted by Crippen LogP contribution is -3.11. The SMILES string of the molecule is CC[NH+](CC)CCSc1nnc(CNC(=O)c2ccc(F)cc2)o1. The zero-order valence-electron chi connectivity index (χ0n) is 13.8. The first-order valence-electron chi connectivity index (χ1n) is 7.94. The van der Waals surface area contributed by atoms with Crippen LogP contribution in [0.15, 0.2) is 33.9 Å². The third-order valence-corrected chi connectivity index (χ3v) is 4.46. The molecule has 0 saturated heterocycles. The molecular weight excluding hydrogens is 331 g/mol. The van der Waals surface area contributed by atoms with Crippen LogP contribution in [0, 0.1) is 5.82 Å². The molecule has 0 atom stereocenters. The Morgan fingerprint density at radius 2 is 1.96 bits per heavy atom. The molecule has 1 heterocycles. The smallest absolute Gasteiger partial charge is 0.276 e. The van der Waals surface area contributed by atoms with E-state index in [0.29, 0.717) is 16.7 Å². The molecular formula is C16H22FN4O2S+. The van der Waals surface area contributed by atoms with Crippen molar-refractivity contribution in [2.75, 3.05) is 25.4 Å². The standard InChI is InChI=1S/C16H21FN4O2S/c1-3-21(4-2)9-10-24-16-20-19-14(23-16)11-18-15(22)12-5-7-13(17)8-6-12/h5-8H,3-4,9-11H2,1-2H3,(H,18,22)/p+1. The second-order valence-electron chi connectivity index (χ2n) is 5.21. The molecule has 1 amide bonds. The van der Waals surface area contributed by atoms with Crippen LogP contribution in [0.4, 0.5) is 4.39 Å². The van der Waals surface area contributed by atoms with E-state index in [4.69, 9.17) is 4.42 Å². The first kappa shape index (κ1) is 18.4. The molecule has 0 unspecified atom stereocenters. The van der Waals surface area contributed by atoms with Gasteiger partial charge in [0.2, 0.25) is 5.89 Å². The van der Waals surface area contributed by atoms with Crippen molar-refractivity contribution >= 4 is 17.7 Å². The lowest BCUT2D eigenvalue weighted by Gasteiger charge is -2.13. The number of nitrogens with zero attached hydrogens (tertiary/aromatic N) is 2. The zero-order chi connectivity index (χ0) is 17.4. The largest absolute Gasteiger partial charge is 0.414 e. The number of carbonyl (C=O) groups is 1. The maximum Gasteiger partial charge on any atom is 0.276 e. The molecule has 0 saturated carbocycles. The number of halogens is 1. The molecule has 0 bridgehead atoms. The first-order chi connectivity index (χ1) is 11.6. The number of hydrogen-bond donors (Lipinski definition) is 2. The summed E-state index contributed by atoms with van der Waals surface area (Å²) in [5, 5.41) is 11.1. The molecule has 8 heteroatoms. The van der Waals surface area contributed by atoms with Gasteiger partial charge in [-0.3, -0.25) is 4.79 Å². The van der Waals surface area contributed by atoms with Gasteiger partial charge >= 0.3 is 0 Å². The zero-order valence-corrected chi connectivity index (χ0v) is 14.7. The van der Waals surface area contributed by atoms with E-state index in [-0.39, 0.29) is 18.3 Å². The Bertz CT molecular complexity index is 644. The minimum atomic E-state index is -0.378. The minimum absolute atomic E-state index is 0.144. The van der Waals surface area contributed by atoms with Crippen molar-refractivity contribution in [3.05, 3.63) is 41.5 Å². The van der Waals surface area contributed by atoms with Gasteiger partial charge in [-0.05, 0) is 38.1 Å². The Hall–Kier alpha value is -1.93. The minimum Gasteiger partial charge on any atom is -0.414 e. The highest BCUT2D eigenvalue weighted by Gasteiger charge is 2.11. The van der Waals surface area contributed by atoms with Gasteiger partial charge in [-0.1, -0.05) is 11.8 Å². The van der Waals surface area contributed by atoms with Gasteiger partial charge in [-0.15, -0.1) is 10.2 Å². The lowest BCUT2D eigenvalue weighted by atomic mass is 10.2. The molecule has 0 aliphatic heterocycles. The van der Waals surface area contributed by atoms with E-state index in [0.717, 1.165) is 25.4 Å². The van der Waals surface area contributed by atoms with Crippen LogP contribution < -0.4 is 10.2 Å². The van der Waals surface area contributed by atoms with E-state index in [1.165, 1.54) is 40.9 Å². The molecule has 1 aromatic heterocycles. The molecule has 0 spiro atoms. The Morgan fingerprint density at radius 1 is 1.25 bits per heavy atom. The van der Waals surface area contributed by atoms with Crippen LogP contribution >= 0.6 is 11.8 Å². The quantitative estimate of drug-likeness (QED) is 0.662. The number of hydrogen-bond acceptors (Lipinski definition) is 5. The molecule has 6 nitrogen and oxygen atoms in total. The maximum atomic E-state index is 12.8. The number of benzene rings is 1. The average Bonchev–Trinajstić information content (AvgIpc) is 3.05. The molecule has 0 aliphatic rings. The van der Waals surface area contributed by atoms with Gasteiger partial charge < -0.3 is 14.6 Å². The predicted octanol–water partition coefficient (Wildman–Crippen LogP) is 1.16. The Morgan fingerprint density at radius 3 is 2.62 bits per heavy atom. The summed E-state index contributed by atoms with van der Waals surface area (Å²) in [6, 6.07) is 5.34. The van der Waals surface area contributed by atoms with Crippen LogP contribution in [0.5, 0.6) is 0 Å². The van der Waals surface area contributed by atoms with Crippen LogP contribution in [-0.2, 0) is 6.54 Å². The number of quaternary nitrogens is 1. The van der Waals surface area contributed by atoms with Crippen LogP contribution in [0.25, 0.3) is 0 Å². The van der Waals surface area contributed by atoms with Crippen molar-refractivity contribution < 1.29 is 18.5 Å². The monoisotopic (exact) mass is 353 g/mol. The Balaban J connectivity index is 1.77. The predicted molar refractivity (Wildman–Crippen MR) is 89.5 cm³/mol. The summed E-state index contributed by atoms with van der Waals surface area (Å²) in [6.07, 6.45) is 0. The Labute approximate surface area is 144 Å². The molecule has 2 aromatic rings. The third-order valence-electron chi connectivity index (χ3n) is 3.64. The molecule has 24 heavy (non-hydrogen) atoms. The Kier molecular flexibility index (Phi) is 7.20. The highest BCUT2D eigenvalue weighted by molar-refractivity contribution is 7.99. The van der Waals surface area contributed by atoms with Crippen LogP contribution in [-0.4, -0.2) is 41.5 Å². The van der Waals surface area contributed by atoms with E-state index in [9.17, 15) is 9.18 Å². The van der Waals surface area contributed by atoms with Crippen molar-refractivity contribution in [3.8, 4) is 0 Å². The van der Waals surface area contributed by atoms with Crippen molar-refractivity contribution in [1.29, 1.82) is 0 Å². The molecule has 2 rings (SSSR count). The summed E-state index contributed by atoms with van der Waals surface area (Å²) in [6.45, 7) is 7.71. The summed E-state index contributed by atoms with van der Waals surface area (Å²) in [5.74, 6) is 0.563. The summed E-state index contributed by atoms with van der Waals surface area (Å²) >= 11 is 1.52. The van der Waals surface area contributed by atoms with Gasteiger partial charge in [0, 0.05) is 5.56 Å². The van der Waals surface area contributed by atoms with Crippen molar-refractivity contribution in [2.24, 2.45) is 0 Å². The average molecular weight is 353 g/mol. The van der Waals surface area contributed by atoms with E-state index in [1.54, 1.807) is 0 Å². The fourth-order valence-corrected chi connectivity index (χ4v) is 2.93. The van der Waals surface area contributed by atoms with E-state index in [2.05, 4.69) is 29.4 Å². The van der Waals surface area contributed by atoms with Gasteiger partial charge in [0.1, 0.15) is 5.82 Å². The third kappa shape index (κ3) is 5.61. The summed E-state index contributed by atoms with van der Waals surface area (Å²) in [5.41, 5.74) is 0.382. The number of aromatic nitrogens is 2. The van der Waals surface area contributed by atoms with Gasteiger partial charge in [0.15, 0.2) is 0 Å². The van der Waals surface area contributed by atoms with E-state index in [1.807, 2.05) is 0 Å². The molecule has 0 radical (unpaired) electrons. The fourth-order valence-electron chi connectivity index (χ4n) is 2.11. The highest BCUT2D eigenvalue weighted by Crippen LogP contribution is 2.14. The molecule has 2 N–H and O–H groups in total. The van der Waals surface area contributed by atoms with Crippen molar-refractivity contribution in [3.63, 3.8) is 0 Å². The summed E-state index contributed by atoms with van der Waals surface area (Å²) < 4.78 is 18.3. The highest BCUT2D eigenvalue weighted by atomic mass is 32.2. The fraction of sp³-hybridized carbons (Fsp3) is 0.438. The van der Waals surface area contributed by atoms with E-state index >= 15 is 0 Å². The number of amides is 1. The van der Waals surface area contributed by atoms with Gasteiger partial charge in [-0.25, -0.2) is 4.39 Å². The van der Waals surface area contributed by atoms with Crippen LogP contribution in [0.3, 0.4) is 0 Å². The molecule has 130 valence electrons. The maximum absolute atomic E-state index is 12.8. The summed E-state index contributed by atoms with van der Waals surface area (Å²) in [7, 11) is 0. The summed E-state index contributed by atoms with van der Waals surface area (Å²) in [4.78, 5) is 13.4. The normalized spacial score (nSPS) is 11.0. The second kappa shape index (κ2) is 9.39. The van der Waals surface area contributed by atoms with Crippen molar-refractivity contribution in [1.82, 2.24) is 15.5 Å². The molecule has 1 aromatic carbocycles. The topological polar surface area (TPSA) is 72.5 Å². The number of nitrogens with one attached hydrogen (secondary N) is 2. The van der Waals surface area contributed by atoms with Crippen molar-refractivity contribution in [2.45, 2.75) is 25.6 Å². The van der Waals surface area contributed by atoms with E-state index < -0.39 is 0 Å². The van der Waals surface area contributed by atoms with Gasteiger partial charge in [0.25, 0.3) is 11.1 Å². The molecule has 0 fully saturated rings. The van der Waals surface area contributed by atoms with Gasteiger partial charge in [0.05, 0.1) is 31.9 Å².